The Balaban J connectivity index is 2.44. The molecular weight excluding hydrogens is 270 g/mol. The number of aromatic hydroxyl groups is 1. The minimum absolute atomic E-state index is 0.206. The molecule has 0 aliphatic heterocycles. The predicted molar refractivity (Wildman–Crippen MR) is 85.8 cm³/mol. The van der Waals surface area contributed by atoms with Crippen LogP contribution in [0.25, 0.3) is 0 Å². The van der Waals surface area contributed by atoms with E-state index in [1.54, 1.807) is 12.3 Å². The smallest absolute Gasteiger partial charge is 0.124 e. The molecule has 0 atom stereocenters. The van der Waals surface area contributed by atoms with Crippen LogP contribution in [0.1, 0.15) is 27.8 Å². The van der Waals surface area contributed by atoms with Crippen molar-refractivity contribution >= 4 is 23.5 Å². The number of aliphatic imine (C=N–C) groups is 1. The maximum atomic E-state index is 10.0. The summed E-state index contributed by atoms with van der Waals surface area (Å²) in [7, 11) is 0. The molecule has 0 radical (unpaired) electrons. The second-order valence-corrected chi connectivity index (χ2v) is 5.49. The third-order valence-electron chi connectivity index (χ3n) is 3.39. The molecule has 0 spiro atoms. The highest BCUT2D eigenvalue weighted by molar-refractivity contribution is 6.32. The zero-order valence-corrected chi connectivity index (χ0v) is 12.9. The van der Waals surface area contributed by atoms with Crippen molar-refractivity contribution in [1.82, 2.24) is 0 Å². The van der Waals surface area contributed by atoms with Gasteiger partial charge in [0.1, 0.15) is 5.75 Å². The van der Waals surface area contributed by atoms with Crippen LogP contribution in [-0.4, -0.2) is 11.3 Å². The molecule has 1 N–H and O–H groups in total. The van der Waals surface area contributed by atoms with Crippen LogP contribution >= 0.6 is 11.6 Å². The largest absolute Gasteiger partial charge is 0.507 e. The van der Waals surface area contributed by atoms with Gasteiger partial charge in [-0.3, -0.25) is 4.99 Å². The van der Waals surface area contributed by atoms with Gasteiger partial charge in [0.15, 0.2) is 0 Å². The van der Waals surface area contributed by atoms with Crippen LogP contribution in [0.15, 0.2) is 29.3 Å². The van der Waals surface area contributed by atoms with Gasteiger partial charge < -0.3 is 5.11 Å². The Bertz CT molecular complexity index is 690. The standard InChI is InChI=1S/C17H18ClNO/c1-10-5-6-15(11(2)7-10)19-9-14-13(4)17(18)12(3)8-16(14)20/h5-9,20H,1-4H3. The minimum atomic E-state index is 0.206. The molecule has 2 rings (SSSR count). The van der Waals surface area contributed by atoms with Crippen LogP contribution in [-0.2, 0) is 0 Å². The average Bonchev–Trinajstić information content (AvgIpc) is 2.38. The predicted octanol–water partition coefficient (Wildman–Crippen LogP) is 5.03. The first-order chi connectivity index (χ1) is 9.40. The number of rotatable bonds is 2. The molecule has 0 aliphatic rings. The molecule has 20 heavy (non-hydrogen) atoms. The Labute approximate surface area is 124 Å². The number of nitrogens with zero attached hydrogens (tertiary/aromatic N) is 1. The number of hydrogen-bond donors (Lipinski definition) is 1. The zero-order chi connectivity index (χ0) is 14.9. The Kier molecular flexibility index (Phi) is 4.15. The van der Waals surface area contributed by atoms with Gasteiger partial charge >= 0.3 is 0 Å². The summed E-state index contributed by atoms with van der Waals surface area (Å²) in [5.74, 6) is 0.206. The Hall–Kier alpha value is -1.80. The van der Waals surface area contributed by atoms with E-state index < -0.39 is 0 Å². The van der Waals surface area contributed by atoms with Gasteiger partial charge in [-0.2, -0.15) is 0 Å². The van der Waals surface area contributed by atoms with Gasteiger partial charge in [-0.05, 0) is 56.5 Å². The van der Waals surface area contributed by atoms with Crippen LogP contribution in [0.2, 0.25) is 5.02 Å². The van der Waals surface area contributed by atoms with Crippen molar-refractivity contribution in [2.45, 2.75) is 27.7 Å². The Morgan fingerprint density at radius 1 is 1.05 bits per heavy atom. The van der Waals surface area contributed by atoms with E-state index in [1.165, 1.54) is 5.56 Å². The van der Waals surface area contributed by atoms with E-state index in [0.29, 0.717) is 10.6 Å². The highest BCUT2D eigenvalue weighted by atomic mass is 35.5. The van der Waals surface area contributed by atoms with E-state index >= 15 is 0 Å². The monoisotopic (exact) mass is 287 g/mol. The number of phenols is 1. The number of hydrogen-bond acceptors (Lipinski definition) is 2. The molecule has 0 saturated heterocycles. The lowest BCUT2D eigenvalue weighted by atomic mass is 10.0. The van der Waals surface area contributed by atoms with Crippen molar-refractivity contribution in [1.29, 1.82) is 0 Å². The summed E-state index contributed by atoms with van der Waals surface area (Å²) in [4.78, 5) is 4.47. The van der Waals surface area contributed by atoms with Crippen molar-refractivity contribution in [2.75, 3.05) is 0 Å². The minimum Gasteiger partial charge on any atom is -0.507 e. The van der Waals surface area contributed by atoms with Crippen LogP contribution in [0.3, 0.4) is 0 Å². The molecule has 0 bridgehead atoms. The van der Waals surface area contributed by atoms with Gasteiger partial charge in [-0.1, -0.05) is 29.3 Å². The van der Waals surface area contributed by atoms with Crippen LogP contribution in [0.5, 0.6) is 5.75 Å². The maximum Gasteiger partial charge on any atom is 0.124 e. The summed E-state index contributed by atoms with van der Waals surface area (Å²) >= 11 is 6.22. The first-order valence-electron chi connectivity index (χ1n) is 6.50. The van der Waals surface area contributed by atoms with E-state index in [0.717, 1.165) is 22.4 Å². The molecule has 0 unspecified atom stereocenters. The first kappa shape index (κ1) is 14.6. The molecule has 2 aromatic rings. The van der Waals surface area contributed by atoms with E-state index in [1.807, 2.05) is 32.9 Å². The molecule has 104 valence electrons. The quantitative estimate of drug-likeness (QED) is 0.772. The molecule has 0 saturated carbocycles. The number of halogens is 1. The summed E-state index contributed by atoms with van der Waals surface area (Å²) < 4.78 is 0. The first-order valence-corrected chi connectivity index (χ1v) is 6.88. The van der Waals surface area contributed by atoms with Crippen molar-refractivity contribution in [2.24, 2.45) is 4.99 Å². The van der Waals surface area contributed by atoms with Crippen molar-refractivity contribution in [3.8, 4) is 5.75 Å². The normalized spacial score (nSPS) is 11.2. The molecule has 0 aromatic heterocycles. The van der Waals surface area contributed by atoms with Crippen LogP contribution in [0.4, 0.5) is 5.69 Å². The van der Waals surface area contributed by atoms with Gasteiger partial charge in [0, 0.05) is 16.8 Å². The molecule has 0 heterocycles. The topological polar surface area (TPSA) is 32.6 Å². The van der Waals surface area contributed by atoms with Crippen molar-refractivity contribution in [3.63, 3.8) is 0 Å². The third-order valence-corrected chi connectivity index (χ3v) is 3.98. The van der Waals surface area contributed by atoms with Crippen LogP contribution in [0, 0.1) is 27.7 Å². The number of aryl methyl sites for hydroxylation is 3. The summed E-state index contributed by atoms with van der Waals surface area (Å²) in [6.45, 7) is 7.84. The number of benzene rings is 2. The van der Waals surface area contributed by atoms with Gasteiger partial charge in [0.25, 0.3) is 0 Å². The van der Waals surface area contributed by atoms with Crippen molar-refractivity contribution in [3.05, 3.63) is 57.1 Å². The van der Waals surface area contributed by atoms with E-state index in [2.05, 4.69) is 18.0 Å². The fourth-order valence-electron chi connectivity index (χ4n) is 2.20. The van der Waals surface area contributed by atoms with Crippen molar-refractivity contribution < 1.29 is 5.11 Å². The molecule has 2 nitrogen and oxygen atoms in total. The van der Waals surface area contributed by atoms with Gasteiger partial charge in [0.05, 0.1) is 5.69 Å². The third kappa shape index (κ3) is 2.86. The van der Waals surface area contributed by atoms with Gasteiger partial charge in [0.2, 0.25) is 0 Å². The lowest BCUT2D eigenvalue weighted by molar-refractivity contribution is 0.473. The zero-order valence-electron chi connectivity index (χ0n) is 12.2. The average molecular weight is 288 g/mol. The lowest BCUT2D eigenvalue weighted by Gasteiger charge is -2.09. The molecule has 3 heteroatoms. The molecule has 0 amide bonds. The van der Waals surface area contributed by atoms with E-state index in [4.69, 9.17) is 11.6 Å². The summed E-state index contributed by atoms with van der Waals surface area (Å²) in [6.07, 6.45) is 1.67. The maximum absolute atomic E-state index is 10.0. The molecule has 0 aliphatic carbocycles. The molecule has 0 fully saturated rings. The fourth-order valence-corrected chi connectivity index (χ4v) is 2.36. The SMILES string of the molecule is Cc1ccc(N=Cc2c(O)cc(C)c(Cl)c2C)c(C)c1. The van der Waals surface area contributed by atoms with Crippen LogP contribution < -0.4 is 0 Å². The molecule has 2 aromatic carbocycles. The van der Waals surface area contributed by atoms with E-state index in [9.17, 15) is 5.11 Å². The summed E-state index contributed by atoms with van der Waals surface area (Å²) in [5.41, 5.74) is 5.59. The highest BCUT2D eigenvalue weighted by Crippen LogP contribution is 2.30. The second kappa shape index (κ2) is 5.68. The second-order valence-electron chi connectivity index (χ2n) is 5.11. The summed E-state index contributed by atoms with van der Waals surface area (Å²) in [6, 6.07) is 7.75. The Morgan fingerprint density at radius 2 is 1.75 bits per heavy atom. The fraction of sp³-hybridized carbons (Fsp3) is 0.235. The van der Waals surface area contributed by atoms with Gasteiger partial charge in [-0.25, -0.2) is 0 Å². The number of phenolic OH excluding ortho intramolecular Hbond substituents is 1. The van der Waals surface area contributed by atoms with E-state index in [-0.39, 0.29) is 5.75 Å². The van der Waals surface area contributed by atoms with Gasteiger partial charge in [-0.15, -0.1) is 0 Å². The lowest BCUT2D eigenvalue weighted by Crippen LogP contribution is -1.92. The molecular formula is C17H18ClNO. The Morgan fingerprint density at radius 3 is 2.40 bits per heavy atom. The highest BCUT2D eigenvalue weighted by Gasteiger charge is 2.09. The summed E-state index contributed by atoms with van der Waals surface area (Å²) in [5, 5.41) is 10.7.